The second-order valence-electron chi connectivity index (χ2n) is 8.28. The third kappa shape index (κ3) is 5.05. The summed E-state index contributed by atoms with van der Waals surface area (Å²) in [6.45, 7) is 8.27. The Bertz CT molecular complexity index is 874. The molecule has 1 fully saturated rings. The molecule has 6 nitrogen and oxygen atoms in total. The minimum Gasteiger partial charge on any atom is -0.376 e. The summed E-state index contributed by atoms with van der Waals surface area (Å²) in [5.74, 6) is 0.573. The molecule has 2 aromatic rings. The van der Waals surface area contributed by atoms with Crippen molar-refractivity contribution >= 4 is 17.5 Å². The molecule has 7 heteroatoms. The maximum absolute atomic E-state index is 12.3. The molecule has 4 rings (SSSR count). The molecule has 0 radical (unpaired) electrons. The highest BCUT2D eigenvalue weighted by Gasteiger charge is 2.25. The topological polar surface area (TPSA) is 59.4 Å². The predicted molar refractivity (Wildman–Crippen MR) is 117 cm³/mol. The van der Waals surface area contributed by atoms with Crippen LogP contribution < -0.4 is 5.32 Å². The van der Waals surface area contributed by atoms with Crippen LogP contribution in [-0.4, -0.2) is 46.8 Å². The maximum atomic E-state index is 12.3. The lowest BCUT2D eigenvalue weighted by Crippen LogP contribution is -2.38. The monoisotopic (exact) mass is 430 g/mol. The summed E-state index contributed by atoms with van der Waals surface area (Å²) in [4.78, 5) is 14.8. The minimum absolute atomic E-state index is 0.0438. The number of benzene rings is 1. The highest BCUT2D eigenvalue weighted by atomic mass is 35.5. The molecular formula is C23H31ClN4O2. The lowest BCUT2D eigenvalue weighted by molar-refractivity contribution is -0.120. The SMILES string of the molecule is CCn1nc(CN2CCC(CNC(=O)Cc3ccccc3Cl)CC2)c2c1CCOC2. The molecular weight excluding hydrogens is 400 g/mol. The first-order valence-corrected chi connectivity index (χ1v) is 11.4. The van der Waals surface area contributed by atoms with Crippen LogP contribution in [0.2, 0.25) is 5.02 Å². The molecule has 2 aliphatic heterocycles. The summed E-state index contributed by atoms with van der Waals surface area (Å²) in [5, 5.41) is 8.61. The number of likely N-dealkylation sites (tertiary alicyclic amines) is 1. The highest BCUT2D eigenvalue weighted by Crippen LogP contribution is 2.24. The van der Waals surface area contributed by atoms with Crippen molar-refractivity contribution in [3.8, 4) is 0 Å². The smallest absolute Gasteiger partial charge is 0.224 e. The molecule has 0 atom stereocenters. The number of hydrogen-bond acceptors (Lipinski definition) is 4. The summed E-state index contributed by atoms with van der Waals surface area (Å²) in [7, 11) is 0. The van der Waals surface area contributed by atoms with Gasteiger partial charge >= 0.3 is 0 Å². The Morgan fingerprint density at radius 1 is 1.30 bits per heavy atom. The number of aromatic nitrogens is 2. The van der Waals surface area contributed by atoms with Crippen LogP contribution in [0.25, 0.3) is 0 Å². The minimum atomic E-state index is 0.0438. The Labute approximate surface area is 183 Å². The summed E-state index contributed by atoms with van der Waals surface area (Å²) in [5.41, 5.74) is 4.72. The van der Waals surface area contributed by atoms with E-state index in [1.165, 1.54) is 17.0 Å². The molecule has 0 unspecified atom stereocenters. The Balaban J connectivity index is 1.23. The van der Waals surface area contributed by atoms with Crippen LogP contribution in [0.4, 0.5) is 0 Å². The number of carbonyl (C=O) groups is 1. The number of rotatable bonds is 7. The Morgan fingerprint density at radius 3 is 2.87 bits per heavy atom. The number of nitrogens with one attached hydrogen (secondary N) is 1. The number of nitrogens with zero attached hydrogens (tertiary/aromatic N) is 3. The number of fused-ring (bicyclic) bond motifs is 1. The molecule has 0 bridgehead atoms. The summed E-state index contributed by atoms with van der Waals surface area (Å²) >= 11 is 6.15. The van der Waals surface area contributed by atoms with E-state index in [-0.39, 0.29) is 5.91 Å². The number of amides is 1. The van der Waals surface area contributed by atoms with Crippen LogP contribution in [0.5, 0.6) is 0 Å². The van der Waals surface area contributed by atoms with Crippen molar-refractivity contribution in [2.75, 3.05) is 26.2 Å². The van der Waals surface area contributed by atoms with Gasteiger partial charge < -0.3 is 10.1 Å². The van der Waals surface area contributed by atoms with Gasteiger partial charge in [-0.25, -0.2) is 0 Å². The Hall–Kier alpha value is -1.89. The average Bonchev–Trinajstić information content (AvgIpc) is 3.12. The lowest BCUT2D eigenvalue weighted by Gasteiger charge is -2.31. The molecule has 2 aliphatic rings. The van der Waals surface area contributed by atoms with E-state index in [2.05, 4.69) is 21.8 Å². The molecule has 3 heterocycles. The fourth-order valence-electron chi connectivity index (χ4n) is 4.46. The van der Waals surface area contributed by atoms with Crippen LogP contribution in [-0.2, 0) is 42.1 Å². The Morgan fingerprint density at radius 2 is 2.10 bits per heavy atom. The van der Waals surface area contributed by atoms with Gasteiger partial charge in [-0.3, -0.25) is 14.4 Å². The van der Waals surface area contributed by atoms with Gasteiger partial charge in [0.25, 0.3) is 0 Å². The molecule has 162 valence electrons. The van der Waals surface area contributed by atoms with E-state index in [0.717, 1.165) is 64.2 Å². The third-order valence-corrected chi connectivity index (χ3v) is 6.62. The Kier molecular flexibility index (Phi) is 7.08. The maximum Gasteiger partial charge on any atom is 0.224 e. The van der Waals surface area contributed by atoms with Gasteiger partial charge in [-0.05, 0) is 50.4 Å². The fourth-order valence-corrected chi connectivity index (χ4v) is 4.67. The number of halogens is 1. The second kappa shape index (κ2) is 9.94. The molecule has 1 aromatic heterocycles. The van der Waals surface area contributed by atoms with E-state index in [1.54, 1.807) is 0 Å². The third-order valence-electron chi connectivity index (χ3n) is 6.26. The van der Waals surface area contributed by atoms with Gasteiger partial charge in [-0.15, -0.1) is 0 Å². The van der Waals surface area contributed by atoms with Crippen LogP contribution in [0.3, 0.4) is 0 Å². The van der Waals surface area contributed by atoms with Crippen LogP contribution in [0.15, 0.2) is 24.3 Å². The van der Waals surface area contributed by atoms with Crippen LogP contribution >= 0.6 is 11.6 Å². The quantitative estimate of drug-likeness (QED) is 0.732. The number of aryl methyl sites for hydroxylation is 1. The van der Waals surface area contributed by atoms with E-state index < -0.39 is 0 Å². The first-order chi connectivity index (χ1) is 14.6. The normalized spacial score (nSPS) is 17.7. The standard InChI is InChI=1S/C23H31ClN4O2/c1-2-28-22-9-12-30-16-19(22)21(26-28)15-27-10-7-17(8-11-27)14-25-23(29)13-18-5-3-4-6-20(18)24/h3-6,17H,2,7-16H2,1H3,(H,25,29). The summed E-state index contributed by atoms with van der Waals surface area (Å²) in [6, 6.07) is 7.53. The van der Waals surface area contributed by atoms with Crippen molar-refractivity contribution in [1.82, 2.24) is 20.0 Å². The van der Waals surface area contributed by atoms with Gasteiger partial charge in [0.15, 0.2) is 0 Å². The molecule has 1 amide bonds. The van der Waals surface area contributed by atoms with Crippen molar-refractivity contribution in [3.63, 3.8) is 0 Å². The van der Waals surface area contributed by atoms with Crippen molar-refractivity contribution < 1.29 is 9.53 Å². The zero-order valence-corrected chi connectivity index (χ0v) is 18.5. The van der Waals surface area contributed by atoms with Gasteiger partial charge in [0.05, 0.1) is 25.3 Å². The molecule has 1 saturated heterocycles. The van der Waals surface area contributed by atoms with E-state index in [4.69, 9.17) is 21.4 Å². The summed E-state index contributed by atoms with van der Waals surface area (Å²) in [6.07, 6.45) is 3.50. The van der Waals surface area contributed by atoms with Crippen LogP contribution in [0, 0.1) is 5.92 Å². The number of piperidine rings is 1. The second-order valence-corrected chi connectivity index (χ2v) is 8.69. The number of hydrogen-bond donors (Lipinski definition) is 1. The largest absolute Gasteiger partial charge is 0.376 e. The van der Waals surface area contributed by atoms with E-state index in [9.17, 15) is 4.79 Å². The van der Waals surface area contributed by atoms with Gasteiger partial charge in [-0.1, -0.05) is 29.8 Å². The van der Waals surface area contributed by atoms with Gasteiger partial charge in [0, 0.05) is 42.3 Å². The fraction of sp³-hybridized carbons (Fsp3) is 0.565. The van der Waals surface area contributed by atoms with E-state index in [1.807, 2.05) is 24.3 Å². The van der Waals surface area contributed by atoms with Gasteiger partial charge in [-0.2, -0.15) is 5.10 Å². The molecule has 0 aliphatic carbocycles. The van der Waals surface area contributed by atoms with E-state index >= 15 is 0 Å². The molecule has 1 aromatic carbocycles. The average molecular weight is 431 g/mol. The molecule has 1 N–H and O–H groups in total. The zero-order chi connectivity index (χ0) is 20.9. The van der Waals surface area contributed by atoms with Crippen molar-refractivity contribution in [3.05, 3.63) is 51.8 Å². The lowest BCUT2D eigenvalue weighted by atomic mass is 9.96. The first-order valence-electron chi connectivity index (χ1n) is 11.0. The molecule has 30 heavy (non-hydrogen) atoms. The molecule has 0 saturated carbocycles. The highest BCUT2D eigenvalue weighted by molar-refractivity contribution is 6.31. The summed E-state index contributed by atoms with van der Waals surface area (Å²) < 4.78 is 7.83. The van der Waals surface area contributed by atoms with Crippen LogP contribution in [0.1, 0.15) is 42.3 Å². The predicted octanol–water partition coefficient (Wildman–Crippen LogP) is 3.20. The number of ether oxygens (including phenoxy) is 1. The van der Waals surface area contributed by atoms with Crippen molar-refractivity contribution in [2.24, 2.45) is 5.92 Å². The van der Waals surface area contributed by atoms with Gasteiger partial charge in [0.1, 0.15) is 0 Å². The van der Waals surface area contributed by atoms with E-state index in [0.29, 0.717) is 24.0 Å². The van der Waals surface area contributed by atoms with Crippen molar-refractivity contribution in [2.45, 2.75) is 52.3 Å². The van der Waals surface area contributed by atoms with Crippen molar-refractivity contribution in [1.29, 1.82) is 0 Å². The number of carbonyl (C=O) groups excluding carboxylic acids is 1. The first kappa shape index (κ1) is 21.3. The molecule has 0 spiro atoms. The van der Waals surface area contributed by atoms with Gasteiger partial charge in [0.2, 0.25) is 5.91 Å². The zero-order valence-electron chi connectivity index (χ0n) is 17.7.